The summed E-state index contributed by atoms with van der Waals surface area (Å²) < 4.78 is 68.4. The molecule has 0 radical (unpaired) electrons. The topological polar surface area (TPSA) is 237 Å². The fourth-order valence-electron chi connectivity index (χ4n) is 11.4. The summed E-state index contributed by atoms with van der Waals surface area (Å²) in [6.07, 6.45) is 58.3. The van der Waals surface area contributed by atoms with Gasteiger partial charge in [-0.3, -0.25) is 37.3 Å². The summed E-state index contributed by atoms with van der Waals surface area (Å²) in [6, 6.07) is 0. The molecule has 17 nitrogen and oxygen atoms in total. The summed E-state index contributed by atoms with van der Waals surface area (Å²) in [5.74, 6) is -2.12. The minimum atomic E-state index is -4.95. The molecule has 552 valence electrons. The third-order valence-electron chi connectivity index (χ3n) is 17.4. The van der Waals surface area contributed by atoms with E-state index in [0.717, 1.165) is 103 Å². The number of carbonyl (C=O) groups excluding carboxylic acids is 4. The van der Waals surface area contributed by atoms with Crippen LogP contribution in [0.4, 0.5) is 0 Å². The highest BCUT2D eigenvalue weighted by molar-refractivity contribution is 7.47. The van der Waals surface area contributed by atoms with Crippen LogP contribution in [0.1, 0.15) is 394 Å². The molecule has 0 aliphatic heterocycles. The molecule has 0 rings (SSSR count). The van der Waals surface area contributed by atoms with Crippen molar-refractivity contribution in [3.05, 3.63) is 0 Å². The molecule has 93 heavy (non-hydrogen) atoms. The van der Waals surface area contributed by atoms with Crippen molar-refractivity contribution in [3.8, 4) is 0 Å². The zero-order valence-corrected chi connectivity index (χ0v) is 62.0. The van der Waals surface area contributed by atoms with E-state index >= 15 is 0 Å². The smallest absolute Gasteiger partial charge is 0.462 e. The predicted molar refractivity (Wildman–Crippen MR) is 377 cm³/mol. The van der Waals surface area contributed by atoms with Crippen molar-refractivity contribution >= 4 is 39.5 Å². The second-order valence-electron chi connectivity index (χ2n) is 26.7. The Bertz CT molecular complexity index is 1770. The minimum absolute atomic E-state index is 0.108. The van der Waals surface area contributed by atoms with E-state index in [4.69, 9.17) is 37.0 Å². The highest BCUT2D eigenvalue weighted by atomic mass is 31.2. The number of hydrogen-bond acceptors (Lipinski definition) is 15. The summed E-state index contributed by atoms with van der Waals surface area (Å²) in [7, 11) is -9.90. The summed E-state index contributed by atoms with van der Waals surface area (Å²) in [5.41, 5.74) is 0. The Morgan fingerprint density at radius 2 is 0.430 bits per heavy atom. The Balaban J connectivity index is 5.19. The molecule has 0 bridgehead atoms. The van der Waals surface area contributed by atoms with E-state index in [1.54, 1.807) is 0 Å². The van der Waals surface area contributed by atoms with E-state index in [1.165, 1.54) is 212 Å². The second-order valence-corrected chi connectivity index (χ2v) is 29.6. The number of phosphoric ester groups is 2. The maximum absolute atomic E-state index is 13.1. The molecule has 0 aliphatic rings. The molecule has 0 saturated heterocycles. The fraction of sp³-hybridized carbons (Fsp3) is 0.946. The molecule has 0 heterocycles. The number of hydrogen-bond donors (Lipinski definition) is 3. The lowest BCUT2D eigenvalue weighted by atomic mass is 10.0. The summed E-state index contributed by atoms with van der Waals surface area (Å²) in [6.45, 7) is 4.95. The number of aliphatic hydroxyl groups excluding tert-OH is 1. The van der Waals surface area contributed by atoms with Gasteiger partial charge in [0.15, 0.2) is 12.2 Å². The summed E-state index contributed by atoms with van der Waals surface area (Å²) in [5, 5.41) is 10.6. The molecule has 0 aromatic rings. The maximum Gasteiger partial charge on any atom is 0.472 e. The van der Waals surface area contributed by atoms with Gasteiger partial charge in [-0.05, 0) is 25.7 Å². The molecule has 0 spiro atoms. The van der Waals surface area contributed by atoms with E-state index in [-0.39, 0.29) is 25.7 Å². The van der Waals surface area contributed by atoms with Gasteiger partial charge in [0.25, 0.3) is 0 Å². The van der Waals surface area contributed by atoms with Crippen LogP contribution in [0.15, 0.2) is 0 Å². The predicted octanol–water partition coefficient (Wildman–Crippen LogP) is 21.8. The third-order valence-corrected chi connectivity index (χ3v) is 19.3. The first kappa shape index (κ1) is 91.1. The molecule has 2 unspecified atom stereocenters. The van der Waals surface area contributed by atoms with Gasteiger partial charge < -0.3 is 33.8 Å². The summed E-state index contributed by atoms with van der Waals surface area (Å²) in [4.78, 5) is 72.6. The van der Waals surface area contributed by atoms with Crippen LogP contribution in [-0.4, -0.2) is 96.7 Å². The number of rotatable bonds is 75. The normalized spacial score (nSPS) is 13.9. The number of phosphoric acid groups is 2. The Hall–Kier alpha value is -1.94. The lowest BCUT2D eigenvalue weighted by Crippen LogP contribution is -2.30. The van der Waals surface area contributed by atoms with Crippen LogP contribution in [0, 0.1) is 0 Å². The van der Waals surface area contributed by atoms with Crippen LogP contribution < -0.4 is 0 Å². The van der Waals surface area contributed by atoms with Crippen molar-refractivity contribution < 1.29 is 80.2 Å². The lowest BCUT2D eigenvalue weighted by molar-refractivity contribution is -0.161. The Morgan fingerprint density at radius 1 is 0.258 bits per heavy atom. The zero-order chi connectivity index (χ0) is 68.2. The summed E-state index contributed by atoms with van der Waals surface area (Å²) >= 11 is 0. The van der Waals surface area contributed by atoms with Crippen molar-refractivity contribution in [2.45, 2.75) is 412 Å². The van der Waals surface area contributed by atoms with Gasteiger partial charge in [0.2, 0.25) is 0 Å². The average Bonchev–Trinajstić information content (AvgIpc) is 3.39. The van der Waals surface area contributed by atoms with Gasteiger partial charge in [0.05, 0.1) is 26.4 Å². The lowest BCUT2D eigenvalue weighted by Gasteiger charge is -2.21. The molecule has 19 heteroatoms. The number of esters is 4. The standard InChI is InChI=1S/C74H144O17P2/c1-5-9-13-17-21-24-27-30-33-36-39-42-45-49-53-57-61-74(79)91-70(65-85-72(77)59-55-51-47-43-40-37-34-31-28-25-22-18-14-10-6-2)67-89-93(82,83)87-63-68(75)62-86-92(80,81)88-66-69(64-84-71(76)58-54-50-46-20-16-12-8-4)90-73(78)60-56-52-48-44-41-38-35-32-29-26-23-19-15-11-7-3/h68-70,75H,5-67H2,1-4H3,(H,80,81)(H,82,83)/t68-,69+,70+/m0/s1. The van der Waals surface area contributed by atoms with Crippen LogP contribution >= 0.6 is 15.6 Å². The third kappa shape index (κ3) is 68.4. The van der Waals surface area contributed by atoms with Gasteiger partial charge in [-0.15, -0.1) is 0 Å². The van der Waals surface area contributed by atoms with E-state index < -0.39 is 97.5 Å². The number of unbranched alkanes of at least 4 members (excludes halogenated alkanes) is 49. The highest BCUT2D eigenvalue weighted by Gasteiger charge is 2.30. The first-order valence-corrected chi connectivity index (χ1v) is 41.8. The molecule has 5 atom stereocenters. The van der Waals surface area contributed by atoms with Crippen LogP contribution in [0.5, 0.6) is 0 Å². The fourth-order valence-corrected chi connectivity index (χ4v) is 13.0. The molecule has 0 aromatic carbocycles. The van der Waals surface area contributed by atoms with Gasteiger partial charge in [-0.2, -0.15) is 0 Å². The van der Waals surface area contributed by atoms with Crippen LogP contribution in [0.2, 0.25) is 0 Å². The van der Waals surface area contributed by atoms with Gasteiger partial charge in [0, 0.05) is 25.7 Å². The quantitative estimate of drug-likeness (QED) is 0.0222. The molecule has 3 N–H and O–H groups in total. The SMILES string of the molecule is CCCCCCCCCCCCCCCCCCC(=O)O[C@H](COC(=O)CCCCCCCCCCCCCCCCC)COP(=O)(O)OC[C@@H](O)COP(=O)(O)OC[C@@H](COC(=O)CCCCCCCCC)OC(=O)CCCCCCCCCCCCCCCCC. The molecule has 0 amide bonds. The number of aliphatic hydroxyl groups is 1. The number of ether oxygens (including phenoxy) is 4. The largest absolute Gasteiger partial charge is 0.472 e. The first-order chi connectivity index (χ1) is 45.2. The molecule has 0 aliphatic carbocycles. The zero-order valence-electron chi connectivity index (χ0n) is 60.2. The van der Waals surface area contributed by atoms with Crippen LogP contribution in [0.3, 0.4) is 0 Å². The van der Waals surface area contributed by atoms with Crippen molar-refractivity contribution in [2.24, 2.45) is 0 Å². The monoisotopic (exact) mass is 1370 g/mol. The van der Waals surface area contributed by atoms with Gasteiger partial charge in [-0.1, -0.05) is 342 Å². The molecule has 0 fully saturated rings. The van der Waals surface area contributed by atoms with Gasteiger partial charge in [-0.25, -0.2) is 9.13 Å². The molecule has 0 aromatic heterocycles. The molecular formula is C74H144O17P2. The number of carbonyl (C=O) groups is 4. The van der Waals surface area contributed by atoms with Gasteiger partial charge >= 0.3 is 39.5 Å². The minimum Gasteiger partial charge on any atom is -0.462 e. The highest BCUT2D eigenvalue weighted by Crippen LogP contribution is 2.45. The van der Waals surface area contributed by atoms with Crippen molar-refractivity contribution in [1.29, 1.82) is 0 Å². The van der Waals surface area contributed by atoms with E-state index in [0.29, 0.717) is 25.7 Å². The van der Waals surface area contributed by atoms with Crippen molar-refractivity contribution in [3.63, 3.8) is 0 Å². The van der Waals surface area contributed by atoms with E-state index in [1.807, 2.05) is 0 Å². The van der Waals surface area contributed by atoms with E-state index in [9.17, 15) is 43.2 Å². The Kier molecular flexibility index (Phi) is 67.1. The molecule has 0 saturated carbocycles. The Morgan fingerprint density at radius 3 is 0.634 bits per heavy atom. The maximum atomic E-state index is 13.1. The van der Waals surface area contributed by atoms with Crippen molar-refractivity contribution in [2.75, 3.05) is 39.6 Å². The van der Waals surface area contributed by atoms with Crippen LogP contribution in [-0.2, 0) is 65.4 Å². The first-order valence-electron chi connectivity index (χ1n) is 38.8. The molecular weight excluding hydrogens is 1220 g/mol. The van der Waals surface area contributed by atoms with Crippen LogP contribution in [0.25, 0.3) is 0 Å². The average molecular weight is 1370 g/mol. The Labute approximate surface area is 568 Å². The van der Waals surface area contributed by atoms with E-state index in [2.05, 4.69) is 27.7 Å². The van der Waals surface area contributed by atoms with Gasteiger partial charge in [0.1, 0.15) is 19.3 Å². The van der Waals surface area contributed by atoms with Crippen molar-refractivity contribution in [1.82, 2.24) is 0 Å². The second kappa shape index (κ2) is 68.6.